The number of sulfonamides is 1. The zero-order chi connectivity index (χ0) is 61.2. The second-order valence-corrected chi connectivity index (χ2v) is 26.3. The number of nitrogens with one attached hydrogen (secondary N) is 3. The molecule has 4 aliphatic rings. The standard InChI is InChI=1S/C66H70N12O8S2/c1-5-43-18-20-44(21-19-43)36-67-63(81)55-34-48(79)39-77(55)65(83)60(41(2)3)56-35-59(72-86-56)75-32-30-74(31-33-75)47-22-24-49(25-23-47)88(84,85)73-64(82)61-50(52-37-68-78(42(52)4)38-45-12-7-6-8-13-45)26-27-58(70-61)76-29-28-46-14-11-15-51(53(46)40-76)62(80)71-66-69-54-16-9-10-17-57(54)87-66/h1,9-11,14-27,35,37,41,45,48,55,60,79H,6-8,12-13,28-34,36,38-40H2,2-4H3,(H,67,81)(H,73,82)(H,69,71,80)/t48-,55+,60-/m1/s1. The van der Waals surface area contributed by atoms with Crippen molar-refractivity contribution in [3.8, 4) is 23.5 Å². The van der Waals surface area contributed by atoms with Gasteiger partial charge in [0.25, 0.3) is 21.8 Å². The van der Waals surface area contributed by atoms with Gasteiger partial charge in [0.15, 0.2) is 16.7 Å². The molecule has 4 aromatic carbocycles. The number of aromatic nitrogens is 5. The maximum Gasteiger partial charge on any atom is 0.284 e. The molecule has 0 radical (unpaired) electrons. The highest BCUT2D eigenvalue weighted by molar-refractivity contribution is 7.90. The number of likely N-dealkylation sites (tertiary alicyclic amines) is 1. The van der Waals surface area contributed by atoms with Crippen molar-refractivity contribution in [2.24, 2.45) is 11.8 Å². The molecule has 454 valence electrons. The van der Waals surface area contributed by atoms with Gasteiger partial charge in [-0.15, -0.1) is 6.42 Å². The van der Waals surface area contributed by atoms with E-state index < -0.39 is 34.0 Å². The number of piperazine rings is 1. The minimum atomic E-state index is -4.43. The van der Waals surface area contributed by atoms with Crippen LogP contribution in [0.2, 0.25) is 0 Å². The predicted molar refractivity (Wildman–Crippen MR) is 337 cm³/mol. The number of rotatable bonds is 17. The number of aliphatic hydroxyl groups is 1. The van der Waals surface area contributed by atoms with Crippen LogP contribution in [0.1, 0.15) is 113 Å². The minimum absolute atomic E-state index is 0.0118. The number of β-amino-alcohol motifs (C(OH)–C–C–N with tert-alkyl or cyclic N) is 1. The number of hydrogen-bond acceptors (Lipinski definition) is 16. The van der Waals surface area contributed by atoms with Crippen LogP contribution in [-0.4, -0.2) is 118 Å². The second kappa shape index (κ2) is 25.4. The molecule has 3 fully saturated rings. The fraction of sp³-hybridized carbons (Fsp3) is 0.364. The van der Waals surface area contributed by atoms with Crippen LogP contribution in [0.5, 0.6) is 0 Å². The van der Waals surface area contributed by atoms with Crippen LogP contribution in [0.3, 0.4) is 0 Å². The summed E-state index contributed by atoms with van der Waals surface area (Å²) < 4.78 is 39.8. The Hall–Kier alpha value is -8.91. The number of para-hydroxylation sites is 1. The van der Waals surface area contributed by atoms with Crippen molar-refractivity contribution in [2.45, 2.75) is 108 Å². The first-order chi connectivity index (χ1) is 42.6. The van der Waals surface area contributed by atoms with Gasteiger partial charge in [0, 0.05) is 105 Å². The van der Waals surface area contributed by atoms with Crippen LogP contribution < -0.4 is 30.1 Å². The van der Waals surface area contributed by atoms with Crippen molar-refractivity contribution >= 4 is 77.7 Å². The van der Waals surface area contributed by atoms with E-state index in [1.807, 2.05) is 91.0 Å². The average Bonchev–Trinajstić information content (AvgIpc) is 3.57. The Bertz CT molecular complexity index is 4030. The van der Waals surface area contributed by atoms with Gasteiger partial charge in [0.05, 0.1) is 27.4 Å². The van der Waals surface area contributed by atoms with Gasteiger partial charge in [0.2, 0.25) is 11.8 Å². The van der Waals surface area contributed by atoms with Gasteiger partial charge < -0.3 is 34.5 Å². The Morgan fingerprint density at radius 1 is 0.830 bits per heavy atom. The number of fused-ring (bicyclic) bond motifs is 2. The number of hydrogen-bond donors (Lipinski definition) is 4. The molecule has 3 aliphatic heterocycles. The van der Waals surface area contributed by atoms with Crippen LogP contribution >= 0.6 is 11.3 Å². The molecule has 0 unspecified atom stereocenters. The van der Waals surface area contributed by atoms with Gasteiger partial charge in [-0.3, -0.25) is 29.2 Å². The Labute approximate surface area is 515 Å². The van der Waals surface area contributed by atoms with E-state index in [9.17, 15) is 32.7 Å². The molecular weight excluding hydrogens is 1150 g/mol. The molecule has 4 amide bonds. The minimum Gasteiger partial charge on any atom is -0.391 e. The Kier molecular flexibility index (Phi) is 17.2. The first-order valence-electron chi connectivity index (χ1n) is 30.1. The van der Waals surface area contributed by atoms with E-state index in [4.69, 9.17) is 21.0 Å². The van der Waals surface area contributed by atoms with E-state index in [0.717, 1.165) is 63.2 Å². The highest BCUT2D eigenvalue weighted by atomic mass is 32.2. The normalized spacial score (nSPS) is 17.6. The molecule has 20 nitrogen and oxygen atoms in total. The molecule has 1 aliphatic carbocycles. The third-order valence-corrected chi connectivity index (χ3v) is 19.8. The van der Waals surface area contributed by atoms with Crippen molar-refractivity contribution in [2.75, 3.05) is 59.3 Å². The average molecular weight is 1220 g/mol. The van der Waals surface area contributed by atoms with Crippen molar-refractivity contribution in [3.05, 3.63) is 160 Å². The molecule has 1 saturated carbocycles. The van der Waals surface area contributed by atoms with E-state index in [1.54, 1.807) is 42.6 Å². The summed E-state index contributed by atoms with van der Waals surface area (Å²) in [6.07, 6.45) is 12.9. The van der Waals surface area contributed by atoms with Crippen molar-refractivity contribution in [1.82, 2.24) is 39.8 Å². The molecule has 4 aromatic heterocycles. The summed E-state index contributed by atoms with van der Waals surface area (Å²) in [6.45, 7) is 9.79. The zero-order valence-corrected chi connectivity index (χ0v) is 51.0. The van der Waals surface area contributed by atoms with E-state index in [0.29, 0.717) is 90.8 Å². The maximum atomic E-state index is 14.7. The number of pyridine rings is 1. The van der Waals surface area contributed by atoms with Crippen molar-refractivity contribution in [3.63, 3.8) is 0 Å². The number of anilines is 4. The summed E-state index contributed by atoms with van der Waals surface area (Å²) >= 11 is 1.41. The van der Waals surface area contributed by atoms with Crippen LogP contribution in [0.25, 0.3) is 21.3 Å². The van der Waals surface area contributed by atoms with Crippen molar-refractivity contribution in [1.29, 1.82) is 0 Å². The third-order valence-electron chi connectivity index (χ3n) is 17.6. The quantitative estimate of drug-likeness (QED) is 0.0624. The lowest BCUT2D eigenvalue weighted by Crippen LogP contribution is -2.48. The first kappa shape index (κ1) is 59.4. The van der Waals surface area contributed by atoms with Gasteiger partial charge >= 0.3 is 0 Å². The lowest BCUT2D eigenvalue weighted by atomic mass is 9.89. The van der Waals surface area contributed by atoms with Gasteiger partial charge in [-0.2, -0.15) is 5.10 Å². The summed E-state index contributed by atoms with van der Waals surface area (Å²) in [6, 6.07) is 31.6. The van der Waals surface area contributed by atoms with E-state index >= 15 is 0 Å². The topological polar surface area (TPSA) is 241 Å². The van der Waals surface area contributed by atoms with Gasteiger partial charge in [-0.1, -0.05) is 91.9 Å². The summed E-state index contributed by atoms with van der Waals surface area (Å²) in [7, 11) is -4.43. The highest BCUT2D eigenvalue weighted by Crippen LogP contribution is 2.36. The van der Waals surface area contributed by atoms with Crippen LogP contribution in [0.4, 0.5) is 22.5 Å². The lowest BCUT2D eigenvalue weighted by molar-refractivity contribution is -0.141. The number of terminal acetylenes is 1. The lowest BCUT2D eigenvalue weighted by Gasteiger charge is -2.36. The van der Waals surface area contributed by atoms with Gasteiger partial charge in [0.1, 0.15) is 23.5 Å². The molecule has 3 atom stereocenters. The van der Waals surface area contributed by atoms with E-state index in [1.165, 1.54) is 47.6 Å². The fourth-order valence-electron chi connectivity index (χ4n) is 12.7. The summed E-state index contributed by atoms with van der Waals surface area (Å²) in [5.41, 5.74) is 7.40. The molecule has 22 heteroatoms. The Morgan fingerprint density at radius 2 is 1.59 bits per heavy atom. The van der Waals surface area contributed by atoms with Crippen LogP contribution in [0.15, 0.2) is 125 Å². The third kappa shape index (κ3) is 12.6. The number of benzene rings is 4. The van der Waals surface area contributed by atoms with E-state index in [2.05, 4.69) is 41.2 Å². The number of aliphatic hydroxyl groups excluding tert-OH is 1. The van der Waals surface area contributed by atoms with Crippen molar-refractivity contribution < 1.29 is 37.2 Å². The van der Waals surface area contributed by atoms with Gasteiger partial charge in [-0.25, -0.2) is 23.1 Å². The number of nitrogens with zero attached hydrogens (tertiary/aromatic N) is 9. The first-order valence-corrected chi connectivity index (χ1v) is 32.4. The number of amides is 4. The van der Waals surface area contributed by atoms with E-state index in [-0.39, 0.29) is 53.7 Å². The molecule has 7 heterocycles. The summed E-state index contributed by atoms with van der Waals surface area (Å²) in [4.78, 5) is 73.6. The molecule has 8 aromatic rings. The second-order valence-electron chi connectivity index (χ2n) is 23.6. The Morgan fingerprint density at radius 3 is 2.34 bits per heavy atom. The van der Waals surface area contributed by atoms with Crippen LogP contribution in [-0.2, 0) is 45.7 Å². The molecule has 4 N–H and O–H groups in total. The predicted octanol–water partition coefficient (Wildman–Crippen LogP) is 8.69. The highest BCUT2D eigenvalue weighted by Gasteiger charge is 2.43. The smallest absolute Gasteiger partial charge is 0.284 e. The maximum absolute atomic E-state index is 14.7. The number of thiazole rings is 1. The number of carbonyl (C=O) groups excluding carboxylic acids is 4. The summed E-state index contributed by atoms with van der Waals surface area (Å²) in [5, 5.41) is 26.3. The number of carbonyl (C=O) groups is 4. The fourth-order valence-corrected chi connectivity index (χ4v) is 14.5. The molecule has 88 heavy (non-hydrogen) atoms. The molecule has 0 bridgehead atoms. The summed E-state index contributed by atoms with van der Waals surface area (Å²) in [5.74, 6) is 1.57. The largest absolute Gasteiger partial charge is 0.391 e. The molecule has 2 saturated heterocycles. The monoisotopic (exact) mass is 1220 g/mol. The molecule has 0 spiro atoms. The molecular formula is C66H70N12O8S2. The Balaban J connectivity index is 0.717. The van der Waals surface area contributed by atoms with Crippen LogP contribution in [0, 0.1) is 31.1 Å². The zero-order valence-electron chi connectivity index (χ0n) is 49.4. The SMILES string of the molecule is C#Cc1ccc(CNC(=O)[C@@H]2C[C@@H](O)CN2C(=O)[C@@H](c2cc(N3CCN(c4ccc(S(=O)(=O)NC(=O)c5nc(N6CCc7cccc(C(=O)Nc8nc9ccccc9s8)c7C6)ccc5-c5cnn(CC6CCCCC6)c5C)cc4)CC3)no2)C(C)C)cc1. The molecule has 12 rings (SSSR count). The van der Waals surface area contributed by atoms with Gasteiger partial charge in [-0.05, 0) is 121 Å².